The molecular formula is C19H23N5O2. The third kappa shape index (κ3) is 3.29. The molecule has 1 aromatic carbocycles. The van der Waals surface area contributed by atoms with Gasteiger partial charge in [-0.25, -0.2) is 14.8 Å². The number of imidazole rings is 1. The number of aryl methyl sites for hydroxylation is 1. The monoisotopic (exact) mass is 353 g/mol. The Hall–Kier alpha value is -2.83. The van der Waals surface area contributed by atoms with E-state index in [4.69, 9.17) is 4.42 Å². The number of hydrogen-bond donors (Lipinski definition) is 1. The molecule has 0 radical (unpaired) electrons. The zero-order chi connectivity index (χ0) is 17.9. The second-order valence-electron chi connectivity index (χ2n) is 6.63. The van der Waals surface area contributed by atoms with Crippen molar-refractivity contribution in [1.82, 2.24) is 24.8 Å². The molecule has 3 aromatic rings. The van der Waals surface area contributed by atoms with Gasteiger partial charge in [-0.3, -0.25) is 0 Å². The van der Waals surface area contributed by atoms with Crippen LogP contribution < -0.4 is 5.32 Å². The van der Waals surface area contributed by atoms with Gasteiger partial charge < -0.3 is 19.2 Å². The van der Waals surface area contributed by atoms with Gasteiger partial charge in [0.25, 0.3) is 0 Å². The Morgan fingerprint density at radius 1 is 1.38 bits per heavy atom. The van der Waals surface area contributed by atoms with Crippen LogP contribution in [0.4, 0.5) is 4.79 Å². The first-order chi connectivity index (χ1) is 12.7. The maximum Gasteiger partial charge on any atom is 0.317 e. The van der Waals surface area contributed by atoms with Gasteiger partial charge in [0, 0.05) is 25.8 Å². The fourth-order valence-corrected chi connectivity index (χ4v) is 3.49. The lowest BCUT2D eigenvalue weighted by atomic mass is 9.98. The van der Waals surface area contributed by atoms with E-state index in [9.17, 15) is 4.79 Å². The summed E-state index contributed by atoms with van der Waals surface area (Å²) in [6.45, 7) is 4.77. The highest BCUT2D eigenvalue weighted by atomic mass is 16.3. The van der Waals surface area contributed by atoms with E-state index < -0.39 is 0 Å². The summed E-state index contributed by atoms with van der Waals surface area (Å²) in [7, 11) is 0. The van der Waals surface area contributed by atoms with E-state index in [1.807, 2.05) is 33.7 Å². The largest absolute Gasteiger partial charge is 0.440 e. The molecule has 1 N–H and O–H groups in total. The van der Waals surface area contributed by atoms with Crippen LogP contribution in [-0.2, 0) is 13.1 Å². The molecule has 2 amide bonds. The number of urea groups is 1. The maximum absolute atomic E-state index is 12.6. The highest BCUT2D eigenvalue weighted by Gasteiger charge is 2.28. The number of oxazole rings is 1. The van der Waals surface area contributed by atoms with Crippen molar-refractivity contribution in [2.75, 3.05) is 13.1 Å². The van der Waals surface area contributed by atoms with Crippen molar-refractivity contribution in [2.45, 2.75) is 38.8 Å². The van der Waals surface area contributed by atoms with Crippen LogP contribution in [0.2, 0.25) is 0 Å². The second kappa shape index (κ2) is 7.19. The molecule has 7 heteroatoms. The molecule has 2 aromatic heterocycles. The predicted octanol–water partition coefficient (Wildman–Crippen LogP) is 3.13. The standard InChI is InChI=1S/C19H23N5O2/c1-2-23-13-20-10-15(23)11-21-19(25)24-9-5-6-14(12-24)18-22-16-7-3-4-8-17(16)26-18/h3-4,7-8,10,13-14H,2,5-6,9,11-12H2,1H3,(H,21,25). The fourth-order valence-electron chi connectivity index (χ4n) is 3.49. The molecular weight excluding hydrogens is 330 g/mol. The average Bonchev–Trinajstić information content (AvgIpc) is 3.32. The SMILES string of the molecule is CCn1cncc1CNC(=O)N1CCCC(c2nc3ccccc3o2)C1. The van der Waals surface area contributed by atoms with Crippen molar-refractivity contribution in [2.24, 2.45) is 0 Å². The number of nitrogens with one attached hydrogen (secondary N) is 1. The van der Waals surface area contributed by atoms with Crippen LogP contribution in [0.1, 0.15) is 37.3 Å². The number of fused-ring (bicyclic) bond motifs is 1. The Bertz CT molecular complexity index is 867. The number of aromatic nitrogens is 3. The fraction of sp³-hybridized carbons (Fsp3) is 0.421. The van der Waals surface area contributed by atoms with Crippen LogP contribution in [0.3, 0.4) is 0 Å². The van der Waals surface area contributed by atoms with Crippen molar-refractivity contribution in [3.63, 3.8) is 0 Å². The van der Waals surface area contributed by atoms with Crippen molar-refractivity contribution in [3.05, 3.63) is 48.4 Å². The van der Waals surface area contributed by atoms with Gasteiger partial charge >= 0.3 is 6.03 Å². The molecule has 1 unspecified atom stereocenters. The van der Waals surface area contributed by atoms with Crippen LogP contribution in [0.25, 0.3) is 11.1 Å². The third-order valence-electron chi connectivity index (χ3n) is 4.93. The molecule has 0 aliphatic carbocycles. The predicted molar refractivity (Wildman–Crippen MR) is 97.7 cm³/mol. The van der Waals surface area contributed by atoms with Gasteiger partial charge in [-0.2, -0.15) is 0 Å². The summed E-state index contributed by atoms with van der Waals surface area (Å²) in [6.07, 6.45) is 5.51. The van der Waals surface area contributed by atoms with E-state index in [2.05, 4.69) is 22.2 Å². The number of amides is 2. The van der Waals surface area contributed by atoms with Gasteiger partial charge in [-0.1, -0.05) is 12.1 Å². The number of hydrogen-bond acceptors (Lipinski definition) is 4. The topological polar surface area (TPSA) is 76.2 Å². The average molecular weight is 353 g/mol. The van der Waals surface area contributed by atoms with E-state index in [1.165, 1.54) is 0 Å². The highest BCUT2D eigenvalue weighted by Crippen LogP contribution is 2.28. The molecule has 0 bridgehead atoms. The van der Waals surface area contributed by atoms with Crippen molar-refractivity contribution in [3.8, 4) is 0 Å². The molecule has 1 aliphatic rings. The minimum Gasteiger partial charge on any atom is -0.440 e. The second-order valence-corrected chi connectivity index (χ2v) is 6.63. The Balaban J connectivity index is 1.40. The summed E-state index contributed by atoms with van der Waals surface area (Å²) < 4.78 is 7.93. The lowest BCUT2D eigenvalue weighted by Crippen LogP contribution is -2.44. The number of para-hydroxylation sites is 2. The van der Waals surface area contributed by atoms with E-state index >= 15 is 0 Å². The number of rotatable bonds is 4. The molecule has 1 fully saturated rings. The zero-order valence-corrected chi connectivity index (χ0v) is 14.9. The number of piperidine rings is 1. The Labute approximate surface area is 152 Å². The zero-order valence-electron chi connectivity index (χ0n) is 14.9. The van der Waals surface area contributed by atoms with Crippen LogP contribution in [0.5, 0.6) is 0 Å². The Morgan fingerprint density at radius 2 is 2.27 bits per heavy atom. The normalized spacial score (nSPS) is 17.6. The highest BCUT2D eigenvalue weighted by molar-refractivity contribution is 5.74. The number of carbonyl (C=O) groups is 1. The van der Waals surface area contributed by atoms with Gasteiger partial charge in [-0.05, 0) is 31.9 Å². The van der Waals surface area contributed by atoms with Gasteiger partial charge in [-0.15, -0.1) is 0 Å². The number of likely N-dealkylation sites (tertiary alicyclic amines) is 1. The quantitative estimate of drug-likeness (QED) is 0.782. The van der Waals surface area contributed by atoms with Crippen molar-refractivity contribution < 1.29 is 9.21 Å². The first-order valence-corrected chi connectivity index (χ1v) is 9.12. The molecule has 4 rings (SSSR count). The van der Waals surface area contributed by atoms with E-state index in [-0.39, 0.29) is 11.9 Å². The minimum atomic E-state index is -0.0466. The van der Waals surface area contributed by atoms with Gasteiger partial charge in [0.2, 0.25) is 0 Å². The van der Waals surface area contributed by atoms with Crippen LogP contribution >= 0.6 is 0 Å². The molecule has 136 valence electrons. The third-order valence-corrected chi connectivity index (χ3v) is 4.93. The van der Waals surface area contributed by atoms with Crippen LogP contribution in [0.15, 0.2) is 41.2 Å². The van der Waals surface area contributed by atoms with E-state index in [0.717, 1.165) is 48.6 Å². The van der Waals surface area contributed by atoms with Crippen LogP contribution in [-0.4, -0.2) is 38.6 Å². The molecule has 26 heavy (non-hydrogen) atoms. The first kappa shape index (κ1) is 16.6. The summed E-state index contributed by atoms with van der Waals surface area (Å²) in [5, 5.41) is 3.00. The summed E-state index contributed by atoms with van der Waals surface area (Å²) in [4.78, 5) is 23.2. The minimum absolute atomic E-state index is 0.0466. The van der Waals surface area contributed by atoms with Gasteiger partial charge in [0.15, 0.2) is 11.5 Å². The summed E-state index contributed by atoms with van der Waals surface area (Å²) in [6, 6.07) is 7.73. The molecule has 7 nitrogen and oxygen atoms in total. The Kier molecular flexibility index (Phi) is 4.60. The molecule has 3 heterocycles. The van der Waals surface area contributed by atoms with Crippen molar-refractivity contribution in [1.29, 1.82) is 0 Å². The molecule has 1 saturated heterocycles. The van der Waals surface area contributed by atoms with E-state index in [0.29, 0.717) is 13.1 Å². The van der Waals surface area contributed by atoms with E-state index in [1.54, 1.807) is 12.5 Å². The lowest BCUT2D eigenvalue weighted by Gasteiger charge is -2.31. The molecule has 0 saturated carbocycles. The lowest BCUT2D eigenvalue weighted by molar-refractivity contribution is 0.174. The summed E-state index contributed by atoms with van der Waals surface area (Å²) in [5.41, 5.74) is 2.68. The number of nitrogens with zero attached hydrogens (tertiary/aromatic N) is 4. The number of benzene rings is 1. The van der Waals surface area contributed by atoms with Crippen LogP contribution in [0, 0.1) is 0 Å². The smallest absolute Gasteiger partial charge is 0.317 e. The van der Waals surface area contributed by atoms with Gasteiger partial charge in [0.1, 0.15) is 5.52 Å². The number of carbonyl (C=O) groups excluding carboxylic acids is 1. The summed E-state index contributed by atoms with van der Waals surface area (Å²) in [5.74, 6) is 0.871. The molecule has 1 aliphatic heterocycles. The van der Waals surface area contributed by atoms with Crippen molar-refractivity contribution >= 4 is 17.1 Å². The molecule has 0 spiro atoms. The Morgan fingerprint density at radius 3 is 3.12 bits per heavy atom. The summed E-state index contributed by atoms with van der Waals surface area (Å²) >= 11 is 0. The maximum atomic E-state index is 12.6. The molecule has 1 atom stereocenters. The first-order valence-electron chi connectivity index (χ1n) is 9.12. The van der Waals surface area contributed by atoms with Gasteiger partial charge in [0.05, 0.1) is 24.5 Å².